The summed E-state index contributed by atoms with van der Waals surface area (Å²) in [6.07, 6.45) is -0.382. The molecule has 8 heteroatoms. The molecule has 0 bridgehead atoms. The lowest BCUT2D eigenvalue weighted by Gasteiger charge is -2.19. The molecule has 0 aliphatic carbocycles. The number of thiocarbonyl (C=S) groups is 1. The van der Waals surface area contributed by atoms with Gasteiger partial charge in [-0.05, 0) is 50.3 Å². The average Bonchev–Trinajstić information content (AvgIpc) is 2.57. The molecule has 1 unspecified atom stereocenters. The van der Waals surface area contributed by atoms with Crippen molar-refractivity contribution >= 4 is 51.9 Å². The molecule has 2 aromatic rings. The summed E-state index contributed by atoms with van der Waals surface area (Å²) in [5, 5.41) is 4.44. The van der Waals surface area contributed by atoms with Gasteiger partial charge < -0.3 is 20.7 Å². The van der Waals surface area contributed by atoms with Crippen molar-refractivity contribution in [3.8, 4) is 5.75 Å². The molecule has 0 amide bonds. The molecule has 0 aliphatic heterocycles. The summed E-state index contributed by atoms with van der Waals surface area (Å²) < 4.78 is 5.92. The third-order valence-electron chi connectivity index (χ3n) is 3.51. The van der Waals surface area contributed by atoms with Gasteiger partial charge in [0.25, 0.3) is 0 Å². The van der Waals surface area contributed by atoms with Crippen LogP contribution in [0.1, 0.15) is 24.4 Å². The number of hydrogen-bond donors (Lipinski definition) is 2. The van der Waals surface area contributed by atoms with Crippen LogP contribution in [0.15, 0.2) is 24.3 Å². The lowest BCUT2D eigenvalue weighted by molar-refractivity contribution is 0.222. The third kappa shape index (κ3) is 4.66. The van der Waals surface area contributed by atoms with Gasteiger partial charge in [0.2, 0.25) is 0 Å². The highest BCUT2D eigenvalue weighted by atomic mass is 35.5. The Balaban J connectivity index is 2.13. The molecule has 1 aromatic heterocycles. The molecule has 0 aliphatic rings. The number of rotatable bonds is 4. The van der Waals surface area contributed by atoms with Crippen LogP contribution in [0.5, 0.6) is 5.75 Å². The van der Waals surface area contributed by atoms with Crippen LogP contribution in [0.4, 0.5) is 11.4 Å². The number of nitrogens with zero attached hydrogens (tertiary/aromatic N) is 2. The van der Waals surface area contributed by atoms with Crippen molar-refractivity contribution in [2.75, 3.05) is 25.1 Å². The van der Waals surface area contributed by atoms with Crippen LogP contribution in [0.2, 0.25) is 10.0 Å². The molecule has 134 valence electrons. The highest BCUT2D eigenvalue weighted by molar-refractivity contribution is 7.80. The van der Waals surface area contributed by atoms with Crippen molar-refractivity contribution in [1.82, 2.24) is 9.88 Å². The predicted octanol–water partition coefficient (Wildman–Crippen LogP) is 4.68. The smallest absolute Gasteiger partial charge is 0.172 e. The lowest BCUT2D eigenvalue weighted by Crippen LogP contribution is -2.26. The average molecular weight is 399 g/mol. The maximum absolute atomic E-state index is 6.26. The van der Waals surface area contributed by atoms with E-state index in [2.05, 4.69) is 10.3 Å². The number of anilines is 2. The molecule has 0 saturated carbocycles. The molecular formula is C17H20Cl2N4OS. The Labute approximate surface area is 163 Å². The molecule has 0 saturated heterocycles. The summed E-state index contributed by atoms with van der Waals surface area (Å²) in [5.41, 5.74) is 8.28. The van der Waals surface area contributed by atoms with E-state index in [0.717, 1.165) is 5.69 Å². The van der Waals surface area contributed by atoms with Gasteiger partial charge in [0, 0.05) is 19.8 Å². The Morgan fingerprint density at radius 3 is 2.40 bits per heavy atom. The summed E-state index contributed by atoms with van der Waals surface area (Å²) in [6.45, 7) is 3.63. The molecule has 5 nitrogen and oxygen atoms in total. The van der Waals surface area contributed by atoms with Gasteiger partial charge in [-0.25, -0.2) is 0 Å². The first kappa shape index (κ1) is 19.6. The Bertz CT molecular complexity index is 781. The van der Waals surface area contributed by atoms with E-state index in [-0.39, 0.29) is 6.10 Å². The number of pyridine rings is 1. The molecule has 1 heterocycles. The van der Waals surface area contributed by atoms with E-state index in [9.17, 15) is 0 Å². The first-order valence-electron chi connectivity index (χ1n) is 7.56. The maximum Gasteiger partial charge on any atom is 0.172 e. The van der Waals surface area contributed by atoms with Crippen LogP contribution >= 0.6 is 35.4 Å². The zero-order valence-corrected chi connectivity index (χ0v) is 16.8. The van der Waals surface area contributed by atoms with Crippen molar-refractivity contribution in [2.24, 2.45) is 0 Å². The Kier molecular flexibility index (Phi) is 6.32. The van der Waals surface area contributed by atoms with Crippen LogP contribution in [-0.4, -0.2) is 29.1 Å². The standard InChI is InChI=1S/C17H20Cl2N4OS/c1-9-13(18)15(20)14(19)16(21-9)10(2)24-12-7-5-11(6-8-12)22-17(25)23(3)4/h5-8,10H,1-4H3,(H2,20,21)(H,22,25). The number of aryl methyl sites for hydroxylation is 1. The second kappa shape index (κ2) is 8.08. The fourth-order valence-corrected chi connectivity index (χ4v) is 2.68. The van der Waals surface area contributed by atoms with Crippen molar-refractivity contribution < 1.29 is 4.74 Å². The van der Waals surface area contributed by atoms with E-state index < -0.39 is 0 Å². The summed E-state index contributed by atoms with van der Waals surface area (Å²) >= 11 is 17.5. The van der Waals surface area contributed by atoms with Crippen molar-refractivity contribution in [1.29, 1.82) is 0 Å². The van der Waals surface area contributed by atoms with Gasteiger partial charge in [-0.1, -0.05) is 23.2 Å². The van der Waals surface area contributed by atoms with E-state index >= 15 is 0 Å². The zero-order chi connectivity index (χ0) is 18.7. The molecule has 1 aromatic carbocycles. The second-order valence-electron chi connectivity index (χ2n) is 5.73. The van der Waals surface area contributed by atoms with E-state index in [1.165, 1.54) is 0 Å². The SMILES string of the molecule is Cc1nc(C(C)Oc2ccc(NC(=S)N(C)C)cc2)c(Cl)c(N)c1Cl. The van der Waals surface area contributed by atoms with E-state index in [0.29, 0.717) is 38.0 Å². The van der Waals surface area contributed by atoms with Gasteiger partial charge in [0.1, 0.15) is 17.5 Å². The van der Waals surface area contributed by atoms with E-state index in [4.69, 9.17) is 45.9 Å². The highest BCUT2D eigenvalue weighted by Crippen LogP contribution is 2.35. The van der Waals surface area contributed by atoms with E-state index in [1.54, 1.807) is 6.92 Å². The number of benzene rings is 1. The monoisotopic (exact) mass is 398 g/mol. The van der Waals surface area contributed by atoms with Crippen LogP contribution in [0, 0.1) is 6.92 Å². The first-order chi connectivity index (χ1) is 11.7. The topological polar surface area (TPSA) is 63.4 Å². The number of nitrogens with one attached hydrogen (secondary N) is 1. The predicted molar refractivity (Wildman–Crippen MR) is 109 cm³/mol. The quantitative estimate of drug-likeness (QED) is 0.728. The minimum atomic E-state index is -0.382. The fraction of sp³-hybridized carbons (Fsp3) is 0.294. The molecule has 0 radical (unpaired) electrons. The van der Waals surface area contributed by atoms with Crippen LogP contribution in [0.25, 0.3) is 0 Å². The third-order valence-corrected chi connectivity index (χ3v) is 4.85. The van der Waals surface area contributed by atoms with Gasteiger partial charge in [-0.15, -0.1) is 0 Å². The van der Waals surface area contributed by atoms with Crippen LogP contribution in [-0.2, 0) is 0 Å². The molecule has 3 N–H and O–H groups in total. The number of nitrogen functional groups attached to an aromatic ring is 1. The molecule has 25 heavy (non-hydrogen) atoms. The first-order valence-corrected chi connectivity index (χ1v) is 8.73. The Morgan fingerprint density at radius 1 is 1.24 bits per heavy atom. The van der Waals surface area contributed by atoms with Crippen molar-refractivity contribution in [2.45, 2.75) is 20.0 Å². The largest absolute Gasteiger partial charge is 0.484 e. The normalized spacial score (nSPS) is 11.8. The fourth-order valence-electron chi connectivity index (χ4n) is 2.09. The summed E-state index contributed by atoms with van der Waals surface area (Å²) in [4.78, 5) is 6.22. The van der Waals surface area contributed by atoms with Gasteiger partial charge >= 0.3 is 0 Å². The van der Waals surface area contributed by atoms with Crippen molar-refractivity contribution in [3.05, 3.63) is 45.7 Å². The minimum Gasteiger partial charge on any atom is -0.484 e. The number of hydrogen-bond acceptors (Lipinski definition) is 4. The lowest BCUT2D eigenvalue weighted by atomic mass is 10.2. The molecule has 2 rings (SSSR count). The van der Waals surface area contributed by atoms with Crippen molar-refractivity contribution in [3.63, 3.8) is 0 Å². The van der Waals surface area contributed by atoms with Gasteiger partial charge in [0.15, 0.2) is 5.11 Å². The van der Waals surface area contributed by atoms with Crippen LogP contribution in [0.3, 0.4) is 0 Å². The number of nitrogens with two attached hydrogens (primary N) is 1. The van der Waals surface area contributed by atoms with Gasteiger partial charge in [0.05, 0.1) is 21.4 Å². The van der Waals surface area contributed by atoms with E-state index in [1.807, 2.05) is 50.2 Å². The minimum absolute atomic E-state index is 0.317. The number of ether oxygens (including phenoxy) is 1. The summed E-state index contributed by atoms with van der Waals surface area (Å²) in [7, 11) is 3.76. The molecule has 1 atom stereocenters. The van der Waals surface area contributed by atoms with Gasteiger partial charge in [-0.3, -0.25) is 4.98 Å². The Morgan fingerprint density at radius 2 is 1.84 bits per heavy atom. The summed E-state index contributed by atoms with van der Waals surface area (Å²) in [6, 6.07) is 7.46. The number of aromatic nitrogens is 1. The molecule has 0 spiro atoms. The summed E-state index contributed by atoms with van der Waals surface area (Å²) in [5.74, 6) is 0.679. The molecule has 0 fully saturated rings. The van der Waals surface area contributed by atoms with Gasteiger partial charge in [-0.2, -0.15) is 0 Å². The zero-order valence-electron chi connectivity index (χ0n) is 14.4. The Hall–Kier alpha value is -1.76. The number of halogens is 2. The van der Waals surface area contributed by atoms with Crippen LogP contribution < -0.4 is 15.8 Å². The highest BCUT2D eigenvalue weighted by Gasteiger charge is 2.19. The maximum atomic E-state index is 6.26. The second-order valence-corrected chi connectivity index (χ2v) is 6.88. The molecular weight excluding hydrogens is 379 g/mol.